The zero-order chi connectivity index (χ0) is 14.9. The van der Waals surface area contributed by atoms with Crippen molar-refractivity contribution in [3.8, 4) is 0 Å². The van der Waals surface area contributed by atoms with E-state index in [4.69, 9.17) is 0 Å². The Labute approximate surface area is 120 Å². The van der Waals surface area contributed by atoms with Crippen molar-refractivity contribution in [2.24, 2.45) is 7.05 Å². The maximum Gasteiger partial charge on any atom is 0.236 e. The fourth-order valence-electron chi connectivity index (χ4n) is 2.61. The zero-order valence-electron chi connectivity index (χ0n) is 12.8. The van der Waals surface area contributed by atoms with Crippen molar-refractivity contribution >= 4 is 11.7 Å². The molecular weight excluding hydrogens is 254 g/mol. The van der Waals surface area contributed by atoms with Gasteiger partial charge >= 0.3 is 0 Å². The van der Waals surface area contributed by atoms with Crippen molar-refractivity contribution in [2.75, 3.05) is 33.2 Å². The summed E-state index contributed by atoms with van der Waals surface area (Å²) in [5.74, 6) is 0.194. The summed E-state index contributed by atoms with van der Waals surface area (Å²) in [5.41, 5.74) is 2.85. The molecule has 2 heterocycles. The van der Waals surface area contributed by atoms with Gasteiger partial charge in [-0.3, -0.25) is 14.5 Å². The van der Waals surface area contributed by atoms with Crippen molar-refractivity contribution in [2.45, 2.75) is 20.3 Å². The van der Waals surface area contributed by atoms with Gasteiger partial charge in [-0.25, -0.2) is 0 Å². The normalized spacial score (nSPS) is 17.4. The third-order valence-electron chi connectivity index (χ3n) is 4.20. The molecule has 1 aliphatic rings. The van der Waals surface area contributed by atoms with E-state index < -0.39 is 0 Å². The van der Waals surface area contributed by atoms with E-state index in [-0.39, 0.29) is 11.7 Å². The first kappa shape index (κ1) is 14.8. The molecule has 1 aromatic rings. The zero-order valence-corrected chi connectivity index (χ0v) is 12.8. The van der Waals surface area contributed by atoms with Gasteiger partial charge in [-0.05, 0) is 26.3 Å². The predicted octanol–water partition coefficient (Wildman–Crippen LogP) is 0.989. The van der Waals surface area contributed by atoms with Gasteiger partial charge < -0.3 is 9.47 Å². The summed E-state index contributed by atoms with van der Waals surface area (Å²) in [4.78, 5) is 27.9. The third-order valence-corrected chi connectivity index (χ3v) is 4.20. The van der Waals surface area contributed by atoms with E-state index in [1.165, 1.54) is 0 Å². The van der Waals surface area contributed by atoms with Gasteiger partial charge in [-0.1, -0.05) is 0 Å². The van der Waals surface area contributed by atoms with Crippen LogP contribution < -0.4 is 0 Å². The third kappa shape index (κ3) is 2.93. The Balaban J connectivity index is 2.07. The lowest BCUT2D eigenvalue weighted by Crippen LogP contribution is -2.37. The molecule has 1 saturated heterocycles. The van der Waals surface area contributed by atoms with Crippen LogP contribution in [0, 0.1) is 13.8 Å². The largest absolute Gasteiger partial charge is 0.351 e. The number of hydrogen-bond donors (Lipinski definition) is 0. The summed E-state index contributed by atoms with van der Waals surface area (Å²) in [7, 11) is 3.78. The van der Waals surface area contributed by atoms with Gasteiger partial charge in [0.25, 0.3) is 0 Å². The number of Topliss-reactive ketones (excluding diaryl/α,β-unsaturated/α-hetero) is 1. The second-order valence-corrected chi connectivity index (χ2v) is 5.65. The van der Waals surface area contributed by atoms with Crippen LogP contribution in [0.2, 0.25) is 0 Å². The van der Waals surface area contributed by atoms with Crippen LogP contribution in [0.1, 0.15) is 28.2 Å². The summed E-state index contributed by atoms with van der Waals surface area (Å²) in [6.07, 6.45) is 0.919. The molecule has 1 aliphatic heterocycles. The highest BCUT2D eigenvalue weighted by atomic mass is 16.2. The molecular formula is C15H23N3O2. The number of nitrogens with zero attached hydrogens (tertiary/aromatic N) is 3. The minimum atomic E-state index is 0.0938. The molecule has 2 rings (SSSR count). The molecule has 0 radical (unpaired) electrons. The van der Waals surface area contributed by atoms with Crippen LogP contribution in [-0.2, 0) is 11.8 Å². The van der Waals surface area contributed by atoms with E-state index in [2.05, 4.69) is 0 Å². The van der Waals surface area contributed by atoms with Gasteiger partial charge in [0.2, 0.25) is 5.91 Å². The second-order valence-electron chi connectivity index (χ2n) is 5.65. The Hall–Kier alpha value is -1.62. The molecule has 110 valence electrons. The average Bonchev–Trinajstić information content (AvgIpc) is 2.56. The van der Waals surface area contributed by atoms with Crippen LogP contribution in [0.25, 0.3) is 0 Å². The number of rotatable bonds is 3. The summed E-state index contributed by atoms with van der Waals surface area (Å²) in [5, 5.41) is 0. The van der Waals surface area contributed by atoms with Gasteiger partial charge in [0.15, 0.2) is 5.78 Å². The molecule has 0 atom stereocenters. The highest BCUT2D eigenvalue weighted by Crippen LogP contribution is 2.15. The standard InChI is InChI=1S/C15H23N3O2/c1-11-8-13(12(2)17(11)4)14(19)9-18-7-5-6-16(3)15(20)10-18/h8H,5-7,9-10H2,1-4H3. The number of hydrogen-bond acceptors (Lipinski definition) is 3. The predicted molar refractivity (Wildman–Crippen MR) is 77.9 cm³/mol. The van der Waals surface area contributed by atoms with E-state index >= 15 is 0 Å². The molecule has 0 saturated carbocycles. The Morgan fingerprint density at radius 1 is 1.25 bits per heavy atom. The number of ketones is 1. The number of aryl methyl sites for hydroxylation is 1. The summed E-state index contributed by atoms with van der Waals surface area (Å²) in [6.45, 7) is 6.19. The minimum absolute atomic E-state index is 0.0938. The van der Waals surface area contributed by atoms with Gasteiger partial charge in [-0.2, -0.15) is 0 Å². The molecule has 1 fully saturated rings. The van der Waals surface area contributed by atoms with Crippen molar-refractivity contribution < 1.29 is 9.59 Å². The van der Waals surface area contributed by atoms with E-state index in [9.17, 15) is 9.59 Å². The monoisotopic (exact) mass is 277 g/mol. The molecule has 0 spiro atoms. The SMILES string of the molecule is Cc1cc(C(=O)CN2CCCN(C)C(=O)C2)c(C)n1C. The quantitative estimate of drug-likeness (QED) is 0.774. The molecule has 5 nitrogen and oxygen atoms in total. The highest BCUT2D eigenvalue weighted by molar-refractivity contribution is 5.99. The summed E-state index contributed by atoms with van der Waals surface area (Å²) >= 11 is 0. The molecule has 20 heavy (non-hydrogen) atoms. The average molecular weight is 277 g/mol. The maximum atomic E-state index is 12.4. The van der Waals surface area contributed by atoms with Gasteiger partial charge in [0.1, 0.15) is 0 Å². The van der Waals surface area contributed by atoms with E-state index in [1.807, 2.05) is 43.5 Å². The number of carbonyl (C=O) groups excluding carboxylic acids is 2. The fourth-order valence-corrected chi connectivity index (χ4v) is 2.61. The number of likely N-dealkylation sites (N-methyl/N-ethyl adjacent to an activating group) is 1. The molecule has 0 unspecified atom stereocenters. The lowest BCUT2D eigenvalue weighted by molar-refractivity contribution is -0.129. The number of amides is 1. The van der Waals surface area contributed by atoms with Gasteiger partial charge in [0, 0.05) is 44.1 Å². The molecule has 5 heteroatoms. The molecule has 0 N–H and O–H groups in total. The Bertz CT molecular complexity index is 533. The molecule has 1 aromatic heterocycles. The lowest BCUT2D eigenvalue weighted by Gasteiger charge is -2.18. The second kappa shape index (κ2) is 5.79. The van der Waals surface area contributed by atoms with E-state index in [1.54, 1.807) is 4.90 Å². The van der Waals surface area contributed by atoms with E-state index in [0.29, 0.717) is 13.1 Å². The molecule has 0 bridgehead atoms. The maximum absolute atomic E-state index is 12.4. The Morgan fingerprint density at radius 3 is 2.55 bits per heavy atom. The number of carbonyl (C=O) groups is 2. The van der Waals surface area contributed by atoms with Gasteiger partial charge in [-0.15, -0.1) is 0 Å². The highest BCUT2D eigenvalue weighted by Gasteiger charge is 2.22. The van der Waals surface area contributed by atoms with Crippen LogP contribution in [-0.4, -0.2) is 59.3 Å². The van der Waals surface area contributed by atoms with Crippen molar-refractivity contribution in [3.63, 3.8) is 0 Å². The Morgan fingerprint density at radius 2 is 1.95 bits per heavy atom. The van der Waals surface area contributed by atoms with E-state index in [0.717, 1.165) is 36.5 Å². The van der Waals surface area contributed by atoms with Crippen LogP contribution in [0.4, 0.5) is 0 Å². The van der Waals surface area contributed by atoms with Crippen LogP contribution >= 0.6 is 0 Å². The van der Waals surface area contributed by atoms with Crippen molar-refractivity contribution in [1.29, 1.82) is 0 Å². The topological polar surface area (TPSA) is 45.6 Å². The first-order chi connectivity index (χ1) is 9.40. The van der Waals surface area contributed by atoms with Crippen molar-refractivity contribution in [1.82, 2.24) is 14.4 Å². The Kier molecular flexibility index (Phi) is 4.28. The smallest absolute Gasteiger partial charge is 0.236 e. The molecule has 1 amide bonds. The summed E-state index contributed by atoms with van der Waals surface area (Å²) in [6, 6.07) is 1.93. The van der Waals surface area contributed by atoms with Crippen LogP contribution in [0.15, 0.2) is 6.07 Å². The lowest BCUT2D eigenvalue weighted by atomic mass is 10.1. The molecule has 0 aliphatic carbocycles. The van der Waals surface area contributed by atoms with Crippen molar-refractivity contribution in [3.05, 3.63) is 23.0 Å². The number of aromatic nitrogens is 1. The summed E-state index contributed by atoms with van der Waals surface area (Å²) < 4.78 is 2.02. The van der Waals surface area contributed by atoms with Crippen LogP contribution in [0.5, 0.6) is 0 Å². The first-order valence-electron chi connectivity index (χ1n) is 7.02. The first-order valence-corrected chi connectivity index (χ1v) is 7.02. The van der Waals surface area contributed by atoms with Gasteiger partial charge in [0.05, 0.1) is 13.1 Å². The van der Waals surface area contributed by atoms with Crippen LogP contribution in [0.3, 0.4) is 0 Å². The minimum Gasteiger partial charge on any atom is -0.351 e. The molecule has 0 aromatic carbocycles. The fraction of sp³-hybridized carbons (Fsp3) is 0.600.